The first-order valence-electron chi connectivity index (χ1n) is 9.13. The van der Waals surface area contributed by atoms with Crippen LogP contribution in [0.3, 0.4) is 0 Å². The van der Waals surface area contributed by atoms with Crippen LogP contribution in [0.2, 0.25) is 0 Å². The van der Waals surface area contributed by atoms with Gasteiger partial charge in [0.2, 0.25) is 0 Å². The van der Waals surface area contributed by atoms with E-state index in [0.29, 0.717) is 6.04 Å². The highest BCUT2D eigenvalue weighted by Crippen LogP contribution is 2.23. The van der Waals surface area contributed by atoms with Crippen LogP contribution in [0.15, 0.2) is 0 Å². The molecule has 0 amide bonds. The summed E-state index contributed by atoms with van der Waals surface area (Å²) in [5.74, 6) is 2.45. The van der Waals surface area contributed by atoms with Gasteiger partial charge in [0.25, 0.3) is 0 Å². The van der Waals surface area contributed by atoms with E-state index in [4.69, 9.17) is 0 Å². The SMILES string of the molecule is CC(C)C1CN(CCC2CCN(C)CC2)C(C(C)C)CN1. The van der Waals surface area contributed by atoms with Crippen LogP contribution in [0.4, 0.5) is 0 Å². The molecule has 2 unspecified atom stereocenters. The van der Waals surface area contributed by atoms with Gasteiger partial charge in [0.15, 0.2) is 0 Å². The fourth-order valence-electron chi connectivity index (χ4n) is 3.91. The first kappa shape index (κ1) is 17.2. The number of piperazine rings is 1. The van der Waals surface area contributed by atoms with E-state index in [1.54, 1.807) is 0 Å². The van der Waals surface area contributed by atoms with Gasteiger partial charge in [-0.2, -0.15) is 0 Å². The molecule has 2 atom stereocenters. The van der Waals surface area contributed by atoms with E-state index < -0.39 is 0 Å². The average molecular weight is 296 g/mol. The first-order chi connectivity index (χ1) is 9.97. The summed E-state index contributed by atoms with van der Waals surface area (Å²) in [6.07, 6.45) is 4.22. The summed E-state index contributed by atoms with van der Waals surface area (Å²) < 4.78 is 0. The first-order valence-corrected chi connectivity index (χ1v) is 9.13. The summed E-state index contributed by atoms with van der Waals surface area (Å²) in [7, 11) is 2.26. The van der Waals surface area contributed by atoms with Gasteiger partial charge in [-0.05, 0) is 63.7 Å². The Kier molecular flexibility index (Phi) is 6.51. The predicted molar refractivity (Wildman–Crippen MR) is 91.7 cm³/mol. The molecule has 0 spiro atoms. The van der Waals surface area contributed by atoms with Gasteiger partial charge in [-0.3, -0.25) is 4.90 Å². The lowest BCUT2D eigenvalue weighted by atomic mass is 9.91. The molecule has 0 aromatic rings. The van der Waals surface area contributed by atoms with E-state index in [0.717, 1.165) is 23.8 Å². The number of nitrogens with zero attached hydrogens (tertiary/aromatic N) is 2. The van der Waals surface area contributed by atoms with Crippen molar-refractivity contribution in [2.45, 2.75) is 59.0 Å². The molecule has 3 heteroatoms. The zero-order valence-electron chi connectivity index (χ0n) is 14.9. The van der Waals surface area contributed by atoms with Crippen molar-refractivity contribution in [1.82, 2.24) is 15.1 Å². The average Bonchev–Trinajstić information content (AvgIpc) is 2.46. The molecule has 2 aliphatic rings. The van der Waals surface area contributed by atoms with Crippen LogP contribution in [0.1, 0.15) is 47.0 Å². The van der Waals surface area contributed by atoms with E-state index in [-0.39, 0.29) is 0 Å². The highest BCUT2D eigenvalue weighted by Gasteiger charge is 2.31. The predicted octanol–water partition coefficient (Wildman–Crippen LogP) is 2.67. The van der Waals surface area contributed by atoms with Crippen LogP contribution in [0.5, 0.6) is 0 Å². The van der Waals surface area contributed by atoms with E-state index in [9.17, 15) is 0 Å². The third-order valence-electron chi connectivity index (χ3n) is 5.73. The van der Waals surface area contributed by atoms with Crippen molar-refractivity contribution in [2.24, 2.45) is 17.8 Å². The molecule has 0 aromatic carbocycles. The molecular weight excluding hydrogens is 258 g/mol. The maximum absolute atomic E-state index is 3.78. The molecule has 2 rings (SSSR count). The number of piperidine rings is 1. The van der Waals surface area contributed by atoms with Crippen LogP contribution in [0, 0.1) is 17.8 Å². The van der Waals surface area contributed by atoms with Gasteiger partial charge in [0, 0.05) is 25.2 Å². The largest absolute Gasteiger partial charge is 0.311 e. The zero-order chi connectivity index (χ0) is 15.4. The van der Waals surface area contributed by atoms with Gasteiger partial charge < -0.3 is 10.2 Å². The Bertz CT molecular complexity index is 295. The third kappa shape index (κ3) is 4.94. The summed E-state index contributed by atoms with van der Waals surface area (Å²) in [5.41, 5.74) is 0. The van der Waals surface area contributed by atoms with Crippen molar-refractivity contribution in [3.63, 3.8) is 0 Å². The van der Waals surface area contributed by atoms with Crippen LogP contribution in [0.25, 0.3) is 0 Å². The number of likely N-dealkylation sites (tertiary alicyclic amines) is 1. The Labute approximate surface area is 132 Å². The minimum Gasteiger partial charge on any atom is -0.311 e. The molecule has 2 saturated heterocycles. The fourth-order valence-corrected chi connectivity index (χ4v) is 3.91. The van der Waals surface area contributed by atoms with Gasteiger partial charge in [-0.1, -0.05) is 27.7 Å². The molecule has 3 nitrogen and oxygen atoms in total. The number of nitrogens with one attached hydrogen (secondary N) is 1. The van der Waals surface area contributed by atoms with Gasteiger partial charge >= 0.3 is 0 Å². The smallest absolute Gasteiger partial charge is 0.0244 e. The summed E-state index contributed by atoms with van der Waals surface area (Å²) in [6, 6.07) is 1.41. The van der Waals surface area contributed by atoms with Crippen molar-refractivity contribution in [1.29, 1.82) is 0 Å². The Morgan fingerprint density at radius 3 is 2.29 bits per heavy atom. The molecule has 0 aromatic heterocycles. The van der Waals surface area contributed by atoms with E-state index in [1.165, 1.54) is 52.0 Å². The van der Waals surface area contributed by atoms with Crippen LogP contribution in [-0.4, -0.2) is 61.7 Å². The zero-order valence-corrected chi connectivity index (χ0v) is 14.9. The normalized spacial score (nSPS) is 30.4. The van der Waals surface area contributed by atoms with Crippen LogP contribution >= 0.6 is 0 Å². The minimum atomic E-state index is 0.678. The van der Waals surface area contributed by atoms with Gasteiger partial charge in [0.1, 0.15) is 0 Å². The summed E-state index contributed by atoms with van der Waals surface area (Å²) in [6.45, 7) is 15.8. The summed E-state index contributed by atoms with van der Waals surface area (Å²) in [4.78, 5) is 5.27. The molecular formula is C18H37N3. The van der Waals surface area contributed by atoms with Crippen molar-refractivity contribution in [3.8, 4) is 0 Å². The van der Waals surface area contributed by atoms with Gasteiger partial charge in [0.05, 0.1) is 0 Å². The third-order valence-corrected chi connectivity index (χ3v) is 5.73. The van der Waals surface area contributed by atoms with E-state index >= 15 is 0 Å². The van der Waals surface area contributed by atoms with Crippen LogP contribution in [-0.2, 0) is 0 Å². The Morgan fingerprint density at radius 1 is 1.05 bits per heavy atom. The van der Waals surface area contributed by atoms with Gasteiger partial charge in [-0.15, -0.1) is 0 Å². The van der Waals surface area contributed by atoms with E-state index in [1.807, 2.05) is 0 Å². The van der Waals surface area contributed by atoms with E-state index in [2.05, 4.69) is 49.9 Å². The highest BCUT2D eigenvalue weighted by atomic mass is 15.2. The Morgan fingerprint density at radius 2 is 1.71 bits per heavy atom. The molecule has 0 saturated carbocycles. The second kappa shape index (κ2) is 7.94. The summed E-state index contributed by atoms with van der Waals surface area (Å²) >= 11 is 0. The highest BCUT2D eigenvalue weighted by molar-refractivity contribution is 4.89. The number of hydrogen-bond donors (Lipinski definition) is 1. The lowest BCUT2D eigenvalue weighted by Crippen LogP contribution is -2.59. The quantitative estimate of drug-likeness (QED) is 0.841. The molecule has 2 heterocycles. The molecule has 2 fully saturated rings. The van der Waals surface area contributed by atoms with Gasteiger partial charge in [-0.25, -0.2) is 0 Å². The second-order valence-electron chi connectivity index (χ2n) is 8.10. The van der Waals surface area contributed by atoms with Crippen molar-refractivity contribution in [3.05, 3.63) is 0 Å². The topological polar surface area (TPSA) is 18.5 Å². The molecule has 1 N–H and O–H groups in total. The molecule has 2 aliphatic heterocycles. The maximum atomic E-state index is 3.78. The molecule has 0 aliphatic carbocycles. The van der Waals surface area contributed by atoms with Crippen LogP contribution < -0.4 is 5.32 Å². The lowest BCUT2D eigenvalue weighted by molar-refractivity contribution is 0.0747. The standard InChI is InChI=1S/C18H37N3/c1-14(2)17-13-21(18(12-19-17)15(3)4)11-8-16-6-9-20(5)10-7-16/h14-19H,6-13H2,1-5H3. The van der Waals surface area contributed by atoms with Crippen molar-refractivity contribution < 1.29 is 0 Å². The Balaban J connectivity index is 1.84. The lowest BCUT2D eigenvalue weighted by Gasteiger charge is -2.44. The maximum Gasteiger partial charge on any atom is 0.0244 e. The Hall–Kier alpha value is -0.120. The summed E-state index contributed by atoms with van der Waals surface area (Å²) in [5, 5.41) is 3.78. The van der Waals surface area contributed by atoms with Crippen molar-refractivity contribution in [2.75, 3.05) is 39.8 Å². The second-order valence-corrected chi connectivity index (χ2v) is 8.10. The molecule has 21 heavy (non-hydrogen) atoms. The number of rotatable bonds is 5. The molecule has 0 radical (unpaired) electrons. The number of hydrogen-bond acceptors (Lipinski definition) is 3. The molecule has 124 valence electrons. The minimum absolute atomic E-state index is 0.678. The van der Waals surface area contributed by atoms with Crippen molar-refractivity contribution >= 4 is 0 Å². The fraction of sp³-hybridized carbons (Fsp3) is 1.00. The molecule has 0 bridgehead atoms. The monoisotopic (exact) mass is 295 g/mol.